The molecule has 2 atom stereocenters. The average molecular weight is 400 g/mol. The molecule has 0 radical (unpaired) electrons. The Bertz CT molecular complexity index is 1150. The maximum atomic E-state index is 13.7. The number of carbonyl (C=O) groups is 2. The van der Waals surface area contributed by atoms with Crippen molar-refractivity contribution >= 4 is 29.1 Å². The molecule has 29 heavy (non-hydrogen) atoms. The Morgan fingerprint density at radius 2 is 1.34 bits per heavy atom. The first-order valence-electron chi connectivity index (χ1n) is 9.85. The number of nitrogens with zero attached hydrogens (tertiary/aromatic N) is 1. The molecule has 1 fully saturated rings. The molecule has 0 spiro atoms. The second-order valence-corrected chi connectivity index (χ2v) is 8.78. The lowest BCUT2D eigenvalue weighted by atomic mass is 9.48. The summed E-state index contributed by atoms with van der Waals surface area (Å²) in [6.07, 6.45) is 0. The lowest BCUT2D eigenvalue weighted by molar-refractivity contribution is -0.123. The predicted octanol–water partition coefficient (Wildman–Crippen LogP) is 4.91. The van der Waals surface area contributed by atoms with Gasteiger partial charge in [0, 0.05) is 16.4 Å². The van der Waals surface area contributed by atoms with Crippen LogP contribution in [0.3, 0.4) is 0 Å². The topological polar surface area (TPSA) is 37.4 Å². The van der Waals surface area contributed by atoms with Crippen molar-refractivity contribution in [2.24, 2.45) is 11.8 Å². The van der Waals surface area contributed by atoms with Crippen molar-refractivity contribution in [2.45, 2.75) is 18.3 Å². The summed E-state index contributed by atoms with van der Waals surface area (Å²) in [5.74, 6) is -1.10. The first-order chi connectivity index (χ1) is 14.0. The van der Waals surface area contributed by atoms with Gasteiger partial charge in [-0.05, 0) is 46.5 Å². The van der Waals surface area contributed by atoms with Gasteiger partial charge >= 0.3 is 0 Å². The molecule has 3 aromatic carbocycles. The highest BCUT2D eigenvalue weighted by Crippen LogP contribution is 2.64. The number of hydrogen-bond donors (Lipinski definition) is 0. The molecule has 0 aromatic heterocycles. The van der Waals surface area contributed by atoms with E-state index in [0.29, 0.717) is 10.7 Å². The standard InChI is InChI=1S/C25H18ClNO2/c1-25-18-8-4-2-6-16(18)20(17-7-3-5-9-19(17)25)21-22(25)24(29)27(23(21)28)15-12-10-14(26)11-13-15/h2-13,20-22H,1H3. The molecule has 142 valence electrons. The fraction of sp³-hybridized carbons (Fsp3) is 0.200. The molecule has 4 heteroatoms. The van der Waals surface area contributed by atoms with Gasteiger partial charge in [0.25, 0.3) is 0 Å². The SMILES string of the molecule is CC12c3ccccc3C(c3ccccc31)C1C(=O)N(c3ccc(Cl)cc3)C(=O)C12. The van der Waals surface area contributed by atoms with Gasteiger partial charge in [0.2, 0.25) is 11.8 Å². The van der Waals surface area contributed by atoms with E-state index < -0.39 is 11.3 Å². The van der Waals surface area contributed by atoms with Crippen molar-refractivity contribution in [2.75, 3.05) is 4.90 Å². The summed E-state index contributed by atoms with van der Waals surface area (Å²) in [5.41, 5.74) is 4.76. The third-order valence-corrected chi connectivity index (χ3v) is 7.38. The number of rotatable bonds is 1. The Hall–Kier alpha value is -2.91. The van der Waals surface area contributed by atoms with E-state index in [0.717, 1.165) is 0 Å². The second kappa shape index (κ2) is 5.58. The molecule has 3 nitrogen and oxygen atoms in total. The van der Waals surface area contributed by atoms with Crippen molar-refractivity contribution in [1.29, 1.82) is 0 Å². The highest BCUT2D eigenvalue weighted by atomic mass is 35.5. The number of benzene rings is 3. The van der Waals surface area contributed by atoms with Gasteiger partial charge in [0.15, 0.2) is 0 Å². The van der Waals surface area contributed by atoms with E-state index in [1.165, 1.54) is 27.2 Å². The van der Waals surface area contributed by atoms with Gasteiger partial charge in [-0.15, -0.1) is 0 Å². The summed E-state index contributed by atoms with van der Waals surface area (Å²) >= 11 is 6.02. The molecule has 2 amide bonds. The fourth-order valence-electron chi connectivity index (χ4n) is 6.00. The van der Waals surface area contributed by atoms with Gasteiger partial charge in [0.1, 0.15) is 0 Å². The Balaban J connectivity index is 1.61. The van der Waals surface area contributed by atoms with Crippen LogP contribution in [-0.2, 0) is 15.0 Å². The number of imide groups is 1. The number of anilines is 1. The quantitative estimate of drug-likeness (QED) is 0.545. The third kappa shape index (κ3) is 1.94. The zero-order valence-electron chi connectivity index (χ0n) is 15.8. The molecule has 2 unspecified atom stereocenters. The van der Waals surface area contributed by atoms with Crippen LogP contribution < -0.4 is 4.90 Å². The number of halogens is 1. The molecule has 1 aliphatic heterocycles. The summed E-state index contributed by atoms with van der Waals surface area (Å²) in [6, 6.07) is 23.5. The van der Waals surface area contributed by atoms with Crippen molar-refractivity contribution in [1.82, 2.24) is 0 Å². The molecule has 4 aliphatic rings. The van der Waals surface area contributed by atoms with Crippen LogP contribution in [0.2, 0.25) is 5.02 Å². The third-order valence-electron chi connectivity index (χ3n) is 7.13. The molecule has 2 bridgehead atoms. The molecule has 1 heterocycles. The van der Waals surface area contributed by atoms with Crippen LogP contribution in [0.1, 0.15) is 35.1 Å². The van der Waals surface area contributed by atoms with Crippen LogP contribution in [-0.4, -0.2) is 11.8 Å². The predicted molar refractivity (Wildman–Crippen MR) is 112 cm³/mol. The van der Waals surface area contributed by atoms with Crippen LogP contribution in [0, 0.1) is 11.8 Å². The summed E-state index contributed by atoms with van der Waals surface area (Å²) in [6.45, 7) is 2.13. The van der Waals surface area contributed by atoms with E-state index in [9.17, 15) is 9.59 Å². The Morgan fingerprint density at radius 3 is 1.93 bits per heavy atom. The molecular weight excluding hydrogens is 382 g/mol. The van der Waals surface area contributed by atoms with Gasteiger partial charge in [-0.3, -0.25) is 9.59 Å². The van der Waals surface area contributed by atoms with Crippen molar-refractivity contribution in [3.8, 4) is 0 Å². The molecule has 3 aromatic rings. The second-order valence-electron chi connectivity index (χ2n) is 8.35. The van der Waals surface area contributed by atoms with E-state index in [4.69, 9.17) is 11.6 Å². The monoisotopic (exact) mass is 399 g/mol. The first kappa shape index (κ1) is 17.0. The minimum Gasteiger partial charge on any atom is -0.274 e. The maximum Gasteiger partial charge on any atom is 0.238 e. The van der Waals surface area contributed by atoms with Crippen LogP contribution in [0.4, 0.5) is 5.69 Å². The normalized spacial score (nSPS) is 28.9. The number of carbonyl (C=O) groups excluding carboxylic acids is 2. The molecule has 0 saturated carbocycles. The smallest absolute Gasteiger partial charge is 0.238 e. The molecule has 0 N–H and O–H groups in total. The van der Waals surface area contributed by atoms with E-state index in [1.807, 2.05) is 24.3 Å². The van der Waals surface area contributed by atoms with Gasteiger partial charge in [-0.2, -0.15) is 0 Å². The average Bonchev–Trinajstić information content (AvgIpc) is 3.01. The van der Waals surface area contributed by atoms with E-state index >= 15 is 0 Å². The van der Waals surface area contributed by atoms with Crippen LogP contribution in [0.25, 0.3) is 0 Å². The van der Waals surface area contributed by atoms with Gasteiger partial charge in [0.05, 0.1) is 17.5 Å². The maximum absolute atomic E-state index is 13.7. The van der Waals surface area contributed by atoms with Crippen molar-refractivity contribution in [3.05, 3.63) is 100 Å². The summed E-state index contributed by atoms with van der Waals surface area (Å²) in [5, 5.41) is 0.581. The molecule has 7 rings (SSSR count). The largest absolute Gasteiger partial charge is 0.274 e. The zero-order valence-corrected chi connectivity index (χ0v) is 16.6. The summed E-state index contributed by atoms with van der Waals surface area (Å²) < 4.78 is 0. The Kier molecular flexibility index (Phi) is 3.27. The summed E-state index contributed by atoms with van der Waals surface area (Å²) in [4.78, 5) is 28.8. The Labute approximate surface area is 173 Å². The number of amides is 2. The summed E-state index contributed by atoms with van der Waals surface area (Å²) in [7, 11) is 0. The first-order valence-corrected chi connectivity index (χ1v) is 10.2. The Morgan fingerprint density at radius 1 is 0.793 bits per heavy atom. The zero-order chi connectivity index (χ0) is 19.9. The minimum absolute atomic E-state index is 0.0945. The lowest BCUT2D eigenvalue weighted by Crippen LogP contribution is -2.51. The van der Waals surface area contributed by atoms with E-state index in [1.54, 1.807) is 24.3 Å². The van der Waals surface area contributed by atoms with Gasteiger partial charge in [-0.1, -0.05) is 67.1 Å². The van der Waals surface area contributed by atoms with E-state index in [2.05, 4.69) is 31.2 Å². The number of hydrogen-bond acceptors (Lipinski definition) is 2. The van der Waals surface area contributed by atoms with Gasteiger partial charge in [-0.25, -0.2) is 4.90 Å². The highest BCUT2D eigenvalue weighted by Gasteiger charge is 2.66. The van der Waals surface area contributed by atoms with Gasteiger partial charge < -0.3 is 0 Å². The highest BCUT2D eigenvalue weighted by molar-refractivity contribution is 6.31. The van der Waals surface area contributed by atoms with Crippen molar-refractivity contribution in [3.63, 3.8) is 0 Å². The molecule has 1 saturated heterocycles. The van der Waals surface area contributed by atoms with Crippen LogP contribution >= 0.6 is 11.6 Å². The molecular formula is C25H18ClNO2. The minimum atomic E-state index is -0.527. The van der Waals surface area contributed by atoms with E-state index in [-0.39, 0.29) is 23.7 Å². The van der Waals surface area contributed by atoms with Crippen LogP contribution in [0.15, 0.2) is 72.8 Å². The lowest BCUT2D eigenvalue weighted by Gasteiger charge is -2.52. The fourth-order valence-corrected chi connectivity index (χ4v) is 6.12. The molecule has 3 aliphatic carbocycles. The van der Waals surface area contributed by atoms with Crippen molar-refractivity contribution < 1.29 is 9.59 Å². The van der Waals surface area contributed by atoms with Crippen LogP contribution in [0.5, 0.6) is 0 Å².